The van der Waals surface area contributed by atoms with E-state index in [1.165, 1.54) is 24.9 Å². The van der Waals surface area contributed by atoms with Gasteiger partial charge < -0.3 is 10.1 Å². The lowest BCUT2D eigenvalue weighted by molar-refractivity contribution is 0.254. The molecule has 2 heteroatoms. The van der Waals surface area contributed by atoms with Crippen LogP contribution >= 0.6 is 0 Å². The first-order valence-electron chi connectivity index (χ1n) is 7.50. The molecule has 0 spiro atoms. The molecule has 0 bridgehead atoms. The second kappa shape index (κ2) is 6.42. The summed E-state index contributed by atoms with van der Waals surface area (Å²) in [5.41, 5.74) is 1.57. The lowest BCUT2D eigenvalue weighted by atomic mass is 9.87. The van der Waals surface area contributed by atoms with Gasteiger partial charge in [0.05, 0.1) is 6.61 Å². The number of benzene rings is 1. The molecule has 1 aliphatic heterocycles. The number of hydrogen-bond acceptors (Lipinski definition) is 2. The minimum atomic E-state index is 0.215. The minimum Gasteiger partial charge on any atom is -0.494 e. The summed E-state index contributed by atoms with van der Waals surface area (Å²) in [4.78, 5) is 0. The largest absolute Gasteiger partial charge is 0.494 e. The van der Waals surface area contributed by atoms with E-state index >= 15 is 0 Å². The molecule has 0 aromatic heterocycles. The van der Waals surface area contributed by atoms with E-state index < -0.39 is 0 Å². The Morgan fingerprint density at radius 3 is 2.53 bits per heavy atom. The SMILES string of the molecule is CC(C)(C)c1ccc(OCCC2CCCNC2)cc1. The molecule has 0 amide bonds. The molecule has 1 aromatic carbocycles. The summed E-state index contributed by atoms with van der Waals surface area (Å²) in [6.45, 7) is 9.88. The third-order valence-corrected chi connectivity index (χ3v) is 3.91. The molecule has 1 aliphatic rings. The zero-order valence-electron chi connectivity index (χ0n) is 12.5. The van der Waals surface area contributed by atoms with Crippen molar-refractivity contribution in [2.45, 2.75) is 45.4 Å². The average molecular weight is 261 g/mol. The van der Waals surface area contributed by atoms with Crippen LogP contribution < -0.4 is 10.1 Å². The zero-order valence-corrected chi connectivity index (χ0v) is 12.5. The Balaban J connectivity index is 1.76. The van der Waals surface area contributed by atoms with Crippen molar-refractivity contribution >= 4 is 0 Å². The standard InChI is InChI=1S/C17H27NO/c1-17(2,3)15-6-8-16(9-7-15)19-12-10-14-5-4-11-18-13-14/h6-9,14,18H,4-5,10-13H2,1-3H3. The van der Waals surface area contributed by atoms with Gasteiger partial charge in [-0.2, -0.15) is 0 Å². The Hall–Kier alpha value is -1.02. The van der Waals surface area contributed by atoms with Crippen LogP contribution in [0.25, 0.3) is 0 Å². The molecular formula is C17H27NO. The molecule has 1 N–H and O–H groups in total. The second-order valence-electron chi connectivity index (χ2n) is 6.62. The molecule has 0 radical (unpaired) electrons. The van der Waals surface area contributed by atoms with Crippen molar-refractivity contribution in [3.8, 4) is 5.75 Å². The summed E-state index contributed by atoms with van der Waals surface area (Å²) in [5.74, 6) is 1.79. The molecule has 1 saturated heterocycles. The van der Waals surface area contributed by atoms with Crippen LogP contribution in [-0.2, 0) is 5.41 Å². The maximum absolute atomic E-state index is 5.85. The first kappa shape index (κ1) is 14.4. The minimum absolute atomic E-state index is 0.215. The fourth-order valence-electron chi connectivity index (χ4n) is 2.56. The normalized spacial score (nSPS) is 20.3. The number of hydrogen-bond donors (Lipinski definition) is 1. The van der Waals surface area contributed by atoms with Crippen LogP contribution in [0.2, 0.25) is 0 Å². The van der Waals surface area contributed by atoms with Crippen LogP contribution in [0.3, 0.4) is 0 Å². The zero-order chi connectivity index (χ0) is 13.7. The molecule has 1 heterocycles. The fraction of sp³-hybridized carbons (Fsp3) is 0.647. The van der Waals surface area contributed by atoms with Crippen molar-refractivity contribution in [3.05, 3.63) is 29.8 Å². The monoisotopic (exact) mass is 261 g/mol. The van der Waals surface area contributed by atoms with E-state index in [9.17, 15) is 0 Å². The Kier molecular flexibility index (Phi) is 4.87. The van der Waals surface area contributed by atoms with E-state index in [-0.39, 0.29) is 5.41 Å². The molecule has 1 fully saturated rings. The van der Waals surface area contributed by atoms with Crippen LogP contribution in [0.15, 0.2) is 24.3 Å². The summed E-state index contributed by atoms with van der Waals surface area (Å²) in [7, 11) is 0. The summed E-state index contributed by atoms with van der Waals surface area (Å²) in [6.07, 6.45) is 3.82. The molecule has 2 rings (SSSR count). The Morgan fingerprint density at radius 1 is 1.21 bits per heavy atom. The Morgan fingerprint density at radius 2 is 1.95 bits per heavy atom. The van der Waals surface area contributed by atoms with Gasteiger partial charge in [0.15, 0.2) is 0 Å². The first-order chi connectivity index (χ1) is 9.05. The van der Waals surface area contributed by atoms with E-state index in [2.05, 4.69) is 50.4 Å². The molecule has 2 nitrogen and oxygen atoms in total. The lowest BCUT2D eigenvalue weighted by Crippen LogP contribution is -2.30. The smallest absolute Gasteiger partial charge is 0.119 e. The van der Waals surface area contributed by atoms with Gasteiger partial charge in [-0.25, -0.2) is 0 Å². The molecular weight excluding hydrogens is 234 g/mol. The highest BCUT2D eigenvalue weighted by Gasteiger charge is 2.14. The van der Waals surface area contributed by atoms with Gasteiger partial charge in [-0.3, -0.25) is 0 Å². The third kappa shape index (κ3) is 4.54. The number of rotatable bonds is 4. The second-order valence-corrected chi connectivity index (χ2v) is 6.62. The highest BCUT2D eigenvalue weighted by Crippen LogP contribution is 2.24. The summed E-state index contributed by atoms with van der Waals surface area (Å²) >= 11 is 0. The van der Waals surface area contributed by atoms with Gasteiger partial charge in [-0.15, -0.1) is 0 Å². The molecule has 0 aliphatic carbocycles. The van der Waals surface area contributed by atoms with Gasteiger partial charge in [-0.1, -0.05) is 32.9 Å². The molecule has 1 unspecified atom stereocenters. The van der Waals surface area contributed by atoms with E-state index in [4.69, 9.17) is 4.74 Å². The Labute approximate surface area is 117 Å². The number of ether oxygens (including phenoxy) is 1. The van der Waals surface area contributed by atoms with Crippen molar-refractivity contribution in [2.24, 2.45) is 5.92 Å². The van der Waals surface area contributed by atoms with Crippen molar-refractivity contribution in [3.63, 3.8) is 0 Å². The Bertz CT molecular complexity index is 371. The highest BCUT2D eigenvalue weighted by molar-refractivity contribution is 5.31. The quantitative estimate of drug-likeness (QED) is 0.891. The van der Waals surface area contributed by atoms with E-state index in [1.54, 1.807) is 0 Å². The summed E-state index contributed by atoms with van der Waals surface area (Å²) in [6, 6.07) is 8.55. The summed E-state index contributed by atoms with van der Waals surface area (Å²) < 4.78 is 5.85. The third-order valence-electron chi connectivity index (χ3n) is 3.91. The highest BCUT2D eigenvalue weighted by atomic mass is 16.5. The van der Waals surface area contributed by atoms with Gasteiger partial charge >= 0.3 is 0 Å². The lowest BCUT2D eigenvalue weighted by Gasteiger charge is -2.22. The van der Waals surface area contributed by atoms with Gasteiger partial charge in [0.25, 0.3) is 0 Å². The predicted octanol–water partition coefficient (Wildman–Crippen LogP) is 3.75. The van der Waals surface area contributed by atoms with Crippen molar-refractivity contribution in [1.82, 2.24) is 5.32 Å². The molecule has 106 valence electrons. The average Bonchev–Trinajstić information content (AvgIpc) is 2.39. The van der Waals surface area contributed by atoms with Crippen molar-refractivity contribution < 1.29 is 4.74 Å². The summed E-state index contributed by atoms with van der Waals surface area (Å²) in [5, 5.41) is 3.45. The maximum Gasteiger partial charge on any atom is 0.119 e. The van der Waals surface area contributed by atoms with E-state index in [0.29, 0.717) is 0 Å². The fourth-order valence-corrected chi connectivity index (χ4v) is 2.56. The molecule has 19 heavy (non-hydrogen) atoms. The van der Waals surface area contributed by atoms with Crippen molar-refractivity contribution in [2.75, 3.05) is 19.7 Å². The van der Waals surface area contributed by atoms with Crippen LogP contribution in [0.1, 0.15) is 45.6 Å². The van der Waals surface area contributed by atoms with Crippen LogP contribution in [0.4, 0.5) is 0 Å². The van der Waals surface area contributed by atoms with E-state index in [0.717, 1.165) is 31.2 Å². The predicted molar refractivity (Wildman–Crippen MR) is 80.8 cm³/mol. The molecule has 0 saturated carbocycles. The van der Waals surface area contributed by atoms with Gasteiger partial charge in [0.1, 0.15) is 5.75 Å². The topological polar surface area (TPSA) is 21.3 Å². The van der Waals surface area contributed by atoms with Gasteiger partial charge in [-0.05, 0) is 61.4 Å². The number of nitrogens with one attached hydrogen (secondary N) is 1. The molecule has 1 aromatic rings. The van der Waals surface area contributed by atoms with Crippen LogP contribution in [-0.4, -0.2) is 19.7 Å². The molecule has 1 atom stereocenters. The first-order valence-corrected chi connectivity index (χ1v) is 7.50. The number of piperidine rings is 1. The van der Waals surface area contributed by atoms with E-state index in [1.807, 2.05) is 0 Å². The van der Waals surface area contributed by atoms with Gasteiger partial charge in [0.2, 0.25) is 0 Å². The van der Waals surface area contributed by atoms with Gasteiger partial charge in [0, 0.05) is 0 Å². The maximum atomic E-state index is 5.85. The van der Waals surface area contributed by atoms with Crippen molar-refractivity contribution in [1.29, 1.82) is 0 Å². The van der Waals surface area contributed by atoms with Crippen LogP contribution in [0, 0.1) is 5.92 Å². The van der Waals surface area contributed by atoms with Crippen LogP contribution in [0.5, 0.6) is 5.75 Å².